The van der Waals surface area contributed by atoms with Crippen LogP contribution in [-0.4, -0.2) is 46.8 Å². The zero-order valence-electron chi connectivity index (χ0n) is 6.23. The van der Waals surface area contributed by atoms with E-state index in [1.165, 1.54) is 0 Å². The van der Waals surface area contributed by atoms with Crippen molar-refractivity contribution >= 4 is 18.4 Å². The third-order valence-corrected chi connectivity index (χ3v) is 1.81. The van der Waals surface area contributed by atoms with Crippen LogP contribution in [0, 0.1) is 0 Å². The first-order chi connectivity index (χ1) is 4.61. The van der Waals surface area contributed by atoms with Crippen LogP contribution in [0.2, 0.25) is 0 Å². The number of aliphatic hydroxyl groups is 1. The van der Waals surface area contributed by atoms with Gasteiger partial charge in [-0.3, -0.25) is 9.69 Å². The predicted molar refractivity (Wildman–Crippen MR) is 41.9 cm³/mol. The number of hydrogen-bond acceptors (Lipinski definition) is 3. The summed E-state index contributed by atoms with van der Waals surface area (Å²) in [7, 11) is 1.70. The van der Waals surface area contributed by atoms with Crippen LogP contribution in [0.3, 0.4) is 0 Å². The number of rotatable bonds is 1. The molecule has 1 aliphatic rings. The minimum atomic E-state index is -0.848. The summed E-state index contributed by atoms with van der Waals surface area (Å²) in [6.07, 6.45) is -0.114. The number of likely N-dealkylation sites (N-methyl/N-ethyl adjacent to an activating group) is 1. The van der Waals surface area contributed by atoms with Crippen molar-refractivity contribution in [2.75, 3.05) is 13.6 Å². The SMILES string of the molecule is CN1C[C@H](O)C[C@@H]1C(=O)O.Cl. The number of carbonyl (C=O) groups is 1. The summed E-state index contributed by atoms with van der Waals surface area (Å²) in [5, 5.41) is 17.6. The zero-order valence-corrected chi connectivity index (χ0v) is 7.04. The third-order valence-electron chi connectivity index (χ3n) is 1.81. The number of halogens is 1. The lowest BCUT2D eigenvalue weighted by Crippen LogP contribution is -2.32. The van der Waals surface area contributed by atoms with Gasteiger partial charge in [0, 0.05) is 13.0 Å². The lowest BCUT2D eigenvalue weighted by Gasteiger charge is -2.12. The van der Waals surface area contributed by atoms with E-state index >= 15 is 0 Å². The van der Waals surface area contributed by atoms with Crippen LogP contribution in [0.15, 0.2) is 0 Å². The Bertz CT molecular complexity index is 153. The van der Waals surface area contributed by atoms with E-state index in [1.807, 2.05) is 0 Å². The second-order valence-electron chi connectivity index (χ2n) is 2.68. The Morgan fingerprint density at radius 2 is 2.18 bits per heavy atom. The van der Waals surface area contributed by atoms with Crippen molar-refractivity contribution in [1.29, 1.82) is 0 Å². The summed E-state index contributed by atoms with van der Waals surface area (Å²) in [4.78, 5) is 12.1. The molecule has 0 amide bonds. The number of carboxylic acids is 1. The van der Waals surface area contributed by atoms with E-state index < -0.39 is 18.1 Å². The highest BCUT2D eigenvalue weighted by Crippen LogP contribution is 2.14. The highest BCUT2D eigenvalue weighted by atomic mass is 35.5. The molecule has 1 fully saturated rings. The van der Waals surface area contributed by atoms with Crippen LogP contribution >= 0.6 is 12.4 Å². The molecular formula is C6H12ClNO3. The molecule has 0 unspecified atom stereocenters. The van der Waals surface area contributed by atoms with Gasteiger partial charge in [0.15, 0.2) is 0 Å². The average molecular weight is 182 g/mol. The minimum absolute atomic E-state index is 0. The summed E-state index contributed by atoms with van der Waals surface area (Å²) < 4.78 is 0. The predicted octanol–water partition coefficient (Wildman–Crippen LogP) is -0.442. The third kappa shape index (κ3) is 2.32. The average Bonchev–Trinajstić information content (AvgIpc) is 2.10. The molecule has 0 aromatic rings. The molecule has 0 saturated carbocycles. The largest absolute Gasteiger partial charge is 0.480 e. The van der Waals surface area contributed by atoms with Crippen molar-refractivity contribution in [2.45, 2.75) is 18.6 Å². The Morgan fingerprint density at radius 3 is 2.36 bits per heavy atom. The van der Waals surface area contributed by atoms with Gasteiger partial charge in [-0.15, -0.1) is 12.4 Å². The first-order valence-electron chi connectivity index (χ1n) is 3.22. The van der Waals surface area contributed by atoms with Gasteiger partial charge in [-0.25, -0.2) is 0 Å². The van der Waals surface area contributed by atoms with Gasteiger partial charge in [-0.05, 0) is 7.05 Å². The fourth-order valence-electron chi connectivity index (χ4n) is 1.26. The molecule has 1 rings (SSSR count). The Hall–Kier alpha value is -0.320. The molecule has 5 heteroatoms. The van der Waals surface area contributed by atoms with Gasteiger partial charge in [0.05, 0.1) is 6.10 Å². The Kier molecular flexibility index (Phi) is 3.78. The van der Waals surface area contributed by atoms with Gasteiger partial charge in [0.2, 0.25) is 0 Å². The highest BCUT2D eigenvalue weighted by Gasteiger charge is 2.32. The van der Waals surface area contributed by atoms with E-state index in [2.05, 4.69) is 0 Å². The van der Waals surface area contributed by atoms with Gasteiger partial charge in [-0.1, -0.05) is 0 Å². The van der Waals surface area contributed by atoms with Crippen molar-refractivity contribution in [2.24, 2.45) is 0 Å². The molecule has 0 aromatic heterocycles. The second-order valence-corrected chi connectivity index (χ2v) is 2.68. The first-order valence-corrected chi connectivity index (χ1v) is 3.22. The summed E-state index contributed by atoms with van der Waals surface area (Å²) in [6, 6.07) is -0.491. The van der Waals surface area contributed by atoms with Crippen LogP contribution in [-0.2, 0) is 4.79 Å². The summed E-state index contributed by atoms with van der Waals surface area (Å²) in [6.45, 7) is 0.469. The van der Waals surface area contributed by atoms with E-state index in [1.54, 1.807) is 11.9 Å². The molecule has 1 saturated heterocycles. The van der Waals surface area contributed by atoms with Crippen molar-refractivity contribution < 1.29 is 15.0 Å². The summed E-state index contributed by atoms with van der Waals surface area (Å²) in [5.41, 5.74) is 0. The smallest absolute Gasteiger partial charge is 0.321 e. The van der Waals surface area contributed by atoms with E-state index in [-0.39, 0.29) is 12.4 Å². The van der Waals surface area contributed by atoms with Crippen molar-refractivity contribution in [3.8, 4) is 0 Å². The number of likely N-dealkylation sites (tertiary alicyclic amines) is 1. The van der Waals surface area contributed by atoms with Gasteiger partial charge >= 0.3 is 5.97 Å². The quantitative estimate of drug-likeness (QED) is 0.576. The molecule has 0 bridgehead atoms. The Balaban J connectivity index is 0.000001000. The summed E-state index contributed by atoms with van der Waals surface area (Å²) >= 11 is 0. The maximum atomic E-state index is 10.4. The van der Waals surface area contributed by atoms with E-state index in [0.29, 0.717) is 13.0 Å². The molecule has 0 radical (unpaired) electrons. The van der Waals surface area contributed by atoms with Gasteiger partial charge in [0.1, 0.15) is 6.04 Å². The van der Waals surface area contributed by atoms with Crippen LogP contribution in [0.5, 0.6) is 0 Å². The minimum Gasteiger partial charge on any atom is -0.480 e. The van der Waals surface area contributed by atoms with Crippen LogP contribution in [0.1, 0.15) is 6.42 Å². The molecular weight excluding hydrogens is 170 g/mol. The topological polar surface area (TPSA) is 60.8 Å². The fourth-order valence-corrected chi connectivity index (χ4v) is 1.26. The van der Waals surface area contributed by atoms with E-state index in [9.17, 15) is 4.79 Å². The van der Waals surface area contributed by atoms with Crippen LogP contribution in [0.4, 0.5) is 0 Å². The van der Waals surface area contributed by atoms with Crippen molar-refractivity contribution in [3.05, 3.63) is 0 Å². The maximum absolute atomic E-state index is 10.4. The van der Waals surface area contributed by atoms with Gasteiger partial charge in [0.25, 0.3) is 0 Å². The normalized spacial score (nSPS) is 31.5. The van der Waals surface area contributed by atoms with Crippen molar-refractivity contribution in [1.82, 2.24) is 4.90 Å². The number of hydrogen-bond donors (Lipinski definition) is 2. The lowest BCUT2D eigenvalue weighted by atomic mass is 10.2. The summed E-state index contributed by atoms with van der Waals surface area (Å²) in [5.74, 6) is -0.848. The monoisotopic (exact) mass is 181 g/mol. The molecule has 2 atom stereocenters. The molecule has 0 aromatic carbocycles. The lowest BCUT2D eigenvalue weighted by molar-refractivity contribution is -0.141. The molecule has 11 heavy (non-hydrogen) atoms. The second kappa shape index (κ2) is 3.90. The molecule has 1 aliphatic heterocycles. The van der Waals surface area contributed by atoms with Crippen molar-refractivity contribution in [3.63, 3.8) is 0 Å². The Labute approximate surface area is 71.2 Å². The zero-order chi connectivity index (χ0) is 7.72. The molecule has 0 aliphatic carbocycles. The molecule has 66 valence electrons. The van der Waals surface area contributed by atoms with Gasteiger partial charge in [-0.2, -0.15) is 0 Å². The number of β-amino-alcohol motifs (C(OH)–C–C–N with tert-alkyl or cyclic N) is 1. The molecule has 1 heterocycles. The number of aliphatic carboxylic acids is 1. The first kappa shape index (κ1) is 10.7. The standard InChI is InChI=1S/C6H11NO3.ClH/c1-7-3-4(8)2-5(7)6(9)10;/h4-5,8H,2-3H2,1H3,(H,9,10);1H/t4-,5-;/m1./s1. The van der Waals surface area contributed by atoms with Gasteiger partial charge < -0.3 is 10.2 Å². The number of carboxylic acid groups (broad SMARTS) is 1. The molecule has 0 spiro atoms. The Morgan fingerprint density at radius 1 is 1.64 bits per heavy atom. The fraction of sp³-hybridized carbons (Fsp3) is 0.833. The van der Waals surface area contributed by atoms with Crippen LogP contribution < -0.4 is 0 Å². The van der Waals surface area contributed by atoms with E-state index in [0.717, 1.165) is 0 Å². The molecule has 4 nitrogen and oxygen atoms in total. The van der Waals surface area contributed by atoms with E-state index in [4.69, 9.17) is 10.2 Å². The maximum Gasteiger partial charge on any atom is 0.321 e. The number of nitrogens with zero attached hydrogens (tertiary/aromatic N) is 1. The van der Waals surface area contributed by atoms with Crippen LogP contribution in [0.25, 0.3) is 0 Å². The highest BCUT2D eigenvalue weighted by molar-refractivity contribution is 5.85. The molecule has 2 N–H and O–H groups in total. The number of aliphatic hydroxyl groups excluding tert-OH is 1.